The lowest BCUT2D eigenvalue weighted by Gasteiger charge is -2.34. The Hall–Kier alpha value is -3.19. The molecule has 1 aliphatic heterocycles. The van der Waals surface area contributed by atoms with Gasteiger partial charge in [-0.1, -0.05) is 6.07 Å². The van der Waals surface area contributed by atoms with Crippen LogP contribution in [-0.4, -0.2) is 49.3 Å². The first-order valence-corrected chi connectivity index (χ1v) is 9.77. The lowest BCUT2D eigenvalue weighted by Crippen LogP contribution is -2.44. The van der Waals surface area contributed by atoms with Crippen LogP contribution in [0, 0.1) is 10.8 Å². The molecule has 1 aromatic carbocycles. The van der Waals surface area contributed by atoms with Crippen molar-refractivity contribution in [3.05, 3.63) is 59.4 Å². The third-order valence-corrected chi connectivity index (χ3v) is 5.53. The van der Waals surface area contributed by atoms with Crippen LogP contribution in [0.5, 0.6) is 0 Å². The number of anilines is 2. The normalized spacial score (nSPS) is 17.8. The van der Waals surface area contributed by atoms with Crippen LogP contribution in [0.15, 0.2) is 42.7 Å². The minimum Gasteiger partial charge on any atom is -0.398 e. The van der Waals surface area contributed by atoms with Gasteiger partial charge in [0, 0.05) is 61.1 Å². The fourth-order valence-electron chi connectivity index (χ4n) is 3.70. The Morgan fingerprint density at radius 3 is 2.83 bits per heavy atom. The Balaban J connectivity index is 1.63. The Labute approximate surface area is 170 Å². The first-order valence-electron chi connectivity index (χ1n) is 9.77. The molecular weight excluding hydrogens is 364 g/mol. The number of nitrogen functional groups attached to an aromatic ring is 1. The predicted molar refractivity (Wildman–Crippen MR) is 117 cm³/mol. The second-order valence-electron chi connectivity index (χ2n) is 7.57. The second-order valence-corrected chi connectivity index (χ2v) is 7.57. The maximum atomic E-state index is 8.77. The van der Waals surface area contributed by atoms with Gasteiger partial charge in [-0.25, -0.2) is 4.98 Å². The van der Waals surface area contributed by atoms with E-state index in [1.165, 1.54) is 6.21 Å². The average molecular weight is 390 g/mol. The highest BCUT2D eigenvalue weighted by Gasteiger charge is 2.47. The number of nitrogens with two attached hydrogens (primary N) is 1. The molecule has 0 bridgehead atoms. The minimum absolute atomic E-state index is 0.0189. The van der Waals surface area contributed by atoms with Crippen molar-refractivity contribution in [1.29, 1.82) is 10.8 Å². The van der Waals surface area contributed by atoms with E-state index in [0.29, 0.717) is 23.6 Å². The number of benzene rings is 1. The van der Waals surface area contributed by atoms with Crippen molar-refractivity contribution < 1.29 is 4.74 Å². The molecule has 1 aromatic heterocycles. The molecule has 4 rings (SSSR count). The van der Waals surface area contributed by atoms with Crippen LogP contribution in [0.4, 0.5) is 11.5 Å². The Bertz CT molecular complexity index is 979. The zero-order valence-electron chi connectivity index (χ0n) is 16.5. The van der Waals surface area contributed by atoms with Crippen molar-refractivity contribution in [3.8, 4) is 0 Å². The molecule has 7 nitrogen and oxygen atoms in total. The summed E-state index contributed by atoms with van der Waals surface area (Å²) in [5.41, 5.74) is 10.1. The summed E-state index contributed by atoms with van der Waals surface area (Å²) in [6, 6.07) is 9.30. The summed E-state index contributed by atoms with van der Waals surface area (Å²) in [5, 5.41) is 19.3. The Morgan fingerprint density at radius 2 is 2.10 bits per heavy atom. The molecule has 0 amide bonds. The van der Waals surface area contributed by atoms with Gasteiger partial charge in [0.05, 0.1) is 17.9 Å². The van der Waals surface area contributed by atoms with E-state index in [0.717, 1.165) is 48.4 Å². The summed E-state index contributed by atoms with van der Waals surface area (Å²) in [5.74, 6) is 0.867. The SMILES string of the molecule is CN/C=C(\C=N)c1ccc(N)c(C(=N)c2ccnc(N3CCOC4(CC4)C3)c2)c1. The van der Waals surface area contributed by atoms with Crippen molar-refractivity contribution in [2.45, 2.75) is 18.4 Å². The van der Waals surface area contributed by atoms with E-state index in [9.17, 15) is 0 Å². The van der Waals surface area contributed by atoms with Gasteiger partial charge in [-0.3, -0.25) is 5.41 Å². The molecule has 1 aliphatic carbocycles. The molecule has 0 radical (unpaired) electrons. The van der Waals surface area contributed by atoms with Gasteiger partial charge in [-0.15, -0.1) is 0 Å². The summed E-state index contributed by atoms with van der Waals surface area (Å²) in [6.45, 7) is 2.37. The van der Waals surface area contributed by atoms with Gasteiger partial charge < -0.3 is 26.1 Å². The van der Waals surface area contributed by atoms with Crippen LogP contribution < -0.4 is 16.0 Å². The van der Waals surface area contributed by atoms with E-state index < -0.39 is 0 Å². The molecule has 1 saturated heterocycles. The van der Waals surface area contributed by atoms with Crippen molar-refractivity contribution in [1.82, 2.24) is 10.3 Å². The van der Waals surface area contributed by atoms with Crippen molar-refractivity contribution in [2.75, 3.05) is 37.4 Å². The number of hydrogen-bond donors (Lipinski definition) is 4. The second kappa shape index (κ2) is 7.67. The summed E-state index contributed by atoms with van der Waals surface area (Å²) in [4.78, 5) is 6.78. The Kier molecular flexibility index (Phi) is 5.07. The van der Waals surface area contributed by atoms with Crippen molar-refractivity contribution in [2.24, 2.45) is 0 Å². The van der Waals surface area contributed by atoms with Gasteiger partial charge in [0.2, 0.25) is 0 Å². The summed E-state index contributed by atoms with van der Waals surface area (Å²) in [7, 11) is 1.79. The van der Waals surface area contributed by atoms with E-state index in [2.05, 4.69) is 15.2 Å². The van der Waals surface area contributed by atoms with Crippen LogP contribution in [0.1, 0.15) is 29.5 Å². The molecule has 29 heavy (non-hydrogen) atoms. The van der Waals surface area contributed by atoms with Crippen LogP contribution in [0.2, 0.25) is 0 Å². The first-order chi connectivity index (χ1) is 14.0. The fraction of sp³-hybridized carbons (Fsp3) is 0.318. The highest BCUT2D eigenvalue weighted by atomic mass is 16.5. The van der Waals surface area contributed by atoms with Gasteiger partial charge >= 0.3 is 0 Å². The quantitative estimate of drug-likeness (QED) is 0.448. The third-order valence-electron chi connectivity index (χ3n) is 5.53. The average Bonchev–Trinajstić information content (AvgIpc) is 3.50. The maximum absolute atomic E-state index is 8.77. The lowest BCUT2D eigenvalue weighted by molar-refractivity contribution is 0.0204. The molecule has 2 aromatic rings. The molecule has 1 spiro atoms. The molecule has 7 heteroatoms. The van der Waals surface area contributed by atoms with Crippen molar-refractivity contribution >= 4 is 29.0 Å². The van der Waals surface area contributed by atoms with E-state index in [1.807, 2.05) is 24.3 Å². The van der Waals surface area contributed by atoms with Gasteiger partial charge in [-0.2, -0.15) is 0 Å². The lowest BCUT2D eigenvalue weighted by atomic mass is 9.97. The Morgan fingerprint density at radius 1 is 1.28 bits per heavy atom. The van der Waals surface area contributed by atoms with E-state index in [4.69, 9.17) is 21.3 Å². The largest absolute Gasteiger partial charge is 0.398 e. The highest BCUT2D eigenvalue weighted by molar-refractivity contribution is 6.15. The number of nitrogens with zero attached hydrogens (tertiary/aromatic N) is 2. The number of rotatable bonds is 6. The zero-order valence-corrected chi connectivity index (χ0v) is 16.5. The van der Waals surface area contributed by atoms with Gasteiger partial charge in [-0.05, 0) is 42.7 Å². The molecule has 2 fully saturated rings. The van der Waals surface area contributed by atoms with Crippen LogP contribution >= 0.6 is 0 Å². The molecular formula is C22H26N6O. The molecule has 2 heterocycles. The number of pyridine rings is 1. The van der Waals surface area contributed by atoms with Crippen LogP contribution in [0.25, 0.3) is 5.57 Å². The standard InChI is InChI=1S/C22H26N6O/c1-26-13-17(12-23)15-2-3-19(24)18(10-15)21(25)16-4-7-27-20(11-16)28-8-9-29-22(14-28)5-6-22/h2-4,7,10-13,23,25-26H,5-6,8-9,14,24H2,1H3/b17-13+,23-12?,25-21?. The molecule has 150 valence electrons. The molecule has 5 N–H and O–H groups in total. The van der Waals surface area contributed by atoms with Crippen LogP contribution in [0.3, 0.4) is 0 Å². The molecule has 1 saturated carbocycles. The number of allylic oxidation sites excluding steroid dienone is 1. The number of aromatic nitrogens is 1. The highest BCUT2D eigenvalue weighted by Crippen LogP contribution is 2.42. The summed E-state index contributed by atoms with van der Waals surface area (Å²) >= 11 is 0. The smallest absolute Gasteiger partial charge is 0.129 e. The van der Waals surface area contributed by atoms with E-state index in [1.54, 1.807) is 25.5 Å². The fourth-order valence-corrected chi connectivity index (χ4v) is 3.70. The van der Waals surface area contributed by atoms with E-state index >= 15 is 0 Å². The number of ether oxygens (including phenoxy) is 1. The van der Waals surface area contributed by atoms with Gasteiger partial charge in [0.25, 0.3) is 0 Å². The maximum Gasteiger partial charge on any atom is 0.129 e. The summed E-state index contributed by atoms with van der Waals surface area (Å²) < 4.78 is 5.90. The van der Waals surface area contributed by atoms with Gasteiger partial charge in [0.1, 0.15) is 5.82 Å². The van der Waals surface area contributed by atoms with Crippen molar-refractivity contribution in [3.63, 3.8) is 0 Å². The van der Waals surface area contributed by atoms with Gasteiger partial charge in [0.15, 0.2) is 0 Å². The molecule has 2 aliphatic rings. The number of morpholine rings is 1. The zero-order chi connectivity index (χ0) is 20.4. The summed E-state index contributed by atoms with van der Waals surface area (Å²) in [6.07, 6.45) is 7.00. The minimum atomic E-state index is 0.0189. The number of nitrogens with one attached hydrogen (secondary N) is 3. The molecule has 0 atom stereocenters. The topological polar surface area (TPSA) is 111 Å². The van der Waals surface area contributed by atoms with E-state index in [-0.39, 0.29) is 5.60 Å². The number of hydrogen-bond acceptors (Lipinski definition) is 7. The first kappa shape index (κ1) is 19.1. The monoisotopic (exact) mass is 390 g/mol. The van der Waals surface area contributed by atoms with Crippen LogP contribution in [-0.2, 0) is 4.74 Å². The predicted octanol–water partition coefficient (Wildman–Crippen LogP) is 2.66. The molecule has 0 unspecified atom stereocenters. The third kappa shape index (κ3) is 3.86.